The molecule has 0 aliphatic carbocycles. The Morgan fingerprint density at radius 2 is 1.95 bits per heavy atom. The van der Waals surface area contributed by atoms with E-state index in [9.17, 15) is 13.9 Å². The molecule has 1 aliphatic heterocycles. The van der Waals surface area contributed by atoms with Gasteiger partial charge in [-0.2, -0.15) is 0 Å². The Bertz CT molecular complexity index is 659. The Morgan fingerprint density at radius 3 is 2.71 bits per heavy atom. The van der Waals surface area contributed by atoms with Gasteiger partial charge in [0.15, 0.2) is 23.1 Å². The maximum Gasteiger partial charge on any atom is 0.231 e. The number of anilines is 1. The van der Waals surface area contributed by atoms with Crippen molar-refractivity contribution in [2.75, 3.05) is 18.7 Å². The average molecular weight is 294 g/mol. The Hall–Kier alpha value is -2.57. The summed E-state index contributed by atoms with van der Waals surface area (Å²) in [5.74, 6) is -0.749. The summed E-state index contributed by atoms with van der Waals surface area (Å²) >= 11 is 0. The molecule has 0 amide bonds. The minimum Gasteiger partial charge on any atom is -0.504 e. The molecule has 1 aromatic carbocycles. The number of nitrogens with one attached hydrogen (secondary N) is 1. The van der Waals surface area contributed by atoms with Gasteiger partial charge in [0, 0.05) is 6.54 Å². The predicted molar refractivity (Wildman–Crippen MR) is 70.6 cm³/mol. The molecule has 0 atom stereocenters. The second kappa shape index (κ2) is 5.43. The number of nitrogens with zero attached hydrogens (tertiary/aromatic N) is 1. The molecule has 2 aromatic rings. The number of halogens is 2. The van der Waals surface area contributed by atoms with Crippen molar-refractivity contribution in [3.8, 4) is 17.2 Å². The second-order valence-corrected chi connectivity index (χ2v) is 4.46. The number of fused-ring (bicyclic) bond motifs is 1. The Balaban J connectivity index is 1.69. The number of hydrogen-bond acceptors (Lipinski definition) is 5. The van der Waals surface area contributed by atoms with Crippen LogP contribution in [0, 0.1) is 11.6 Å². The fourth-order valence-electron chi connectivity index (χ4n) is 2.10. The summed E-state index contributed by atoms with van der Waals surface area (Å²) in [6.07, 6.45) is 2.23. The number of aromatic nitrogens is 1. The molecule has 7 heteroatoms. The van der Waals surface area contributed by atoms with Crippen LogP contribution in [0.5, 0.6) is 17.2 Å². The summed E-state index contributed by atoms with van der Waals surface area (Å²) in [4.78, 5) is 3.40. The molecule has 21 heavy (non-hydrogen) atoms. The minimum absolute atomic E-state index is 0.0116. The van der Waals surface area contributed by atoms with Gasteiger partial charge in [0.1, 0.15) is 5.69 Å². The van der Waals surface area contributed by atoms with Crippen LogP contribution in [-0.4, -0.2) is 23.4 Å². The van der Waals surface area contributed by atoms with E-state index in [4.69, 9.17) is 9.47 Å². The highest BCUT2D eigenvalue weighted by Gasteiger charge is 2.20. The van der Waals surface area contributed by atoms with Crippen LogP contribution in [0.2, 0.25) is 0 Å². The highest BCUT2D eigenvalue weighted by molar-refractivity contribution is 5.56. The van der Waals surface area contributed by atoms with Crippen LogP contribution in [-0.2, 0) is 6.42 Å². The lowest BCUT2D eigenvalue weighted by Crippen LogP contribution is -2.08. The number of rotatable bonds is 4. The van der Waals surface area contributed by atoms with Crippen molar-refractivity contribution in [3.05, 3.63) is 41.7 Å². The first kappa shape index (κ1) is 13.4. The lowest BCUT2D eigenvalue weighted by atomic mass is 10.1. The van der Waals surface area contributed by atoms with Crippen LogP contribution >= 0.6 is 0 Å². The molecule has 0 spiro atoms. The summed E-state index contributed by atoms with van der Waals surface area (Å²) in [6.45, 7) is 0.309. The van der Waals surface area contributed by atoms with Crippen molar-refractivity contribution in [1.29, 1.82) is 0 Å². The number of phenols is 1. The van der Waals surface area contributed by atoms with Crippen molar-refractivity contribution in [1.82, 2.24) is 4.98 Å². The van der Waals surface area contributed by atoms with E-state index in [1.165, 1.54) is 0 Å². The van der Waals surface area contributed by atoms with Gasteiger partial charge in [0.25, 0.3) is 0 Å². The Kier molecular flexibility index (Phi) is 3.47. The molecular formula is C14H12F2N2O3. The molecule has 0 radical (unpaired) electrons. The van der Waals surface area contributed by atoms with E-state index < -0.39 is 11.6 Å². The third kappa shape index (κ3) is 2.54. The van der Waals surface area contributed by atoms with Crippen molar-refractivity contribution in [2.45, 2.75) is 6.42 Å². The first-order chi connectivity index (χ1) is 10.2. The minimum atomic E-state index is -0.759. The third-order valence-electron chi connectivity index (χ3n) is 3.15. The SMILES string of the molecule is Oc1c(CCNc2c(F)cncc2F)ccc2c1OCO2. The Morgan fingerprint density at radius 1 is 1.19 bits per heavy atom. The van der Waals surface area contributed by atoms with Crippen LogP contribution in [0.25, 0.3) is 0 Å². The van der Waals surface area contributed by atoms with Crippen molar-refractivity contribution in [3.63, 3.8) is 0 Å². The zero-order valence-corrected chi connectivity index (χ0v) is 10.9. The van der Waals surface area contributed by atoms with Gasteiger partial charge in [-0.25, -0.2) is 8.78 Å². The van der Waals surface area contributed by atoms with Crippen LogP contribution in [0.3, 0.4) is 0 Å². The van der Waals surface area contributed by atoms with Gasteiger partial charge in [0.2, 0.25) is 12.5 Å². The fourth-order valence-corrected chi connectivity index (χ4v) is 2.10. The smallest absolute Gasteiger partial charge is 0.231 e. The van der Waals surface area contributed by atoms with E-state index in [2.05, 4.69) is 10.3 Å². The van der Waals surface area contributed by atoms with Gasteiger partial charge < -0.3 is 19.9 Å². The zero-order chi connectivity index (χ0) is 14.8. The van der Waals surface area contributed by atoms with Gasteiger partial charge >= 0.3 is 0 Å². The molecule has 0 saturated carbocycles. The summed E-state index contributed by atoms with van der Waals surface area (Å²) in [5, 5.41) is 12.7. The standard InChI is InChI=1S/C14H12F2N2O3/c15-9-5-17-6-10(16)12(9)18-4-3-8-1-2-11-14(13(8)19)21-7-20-11/h1-2,5-6,19H,3-4,7H2,(H,17,18). The van der Waals surface area contributed by atoms with E-state index in [1.807, 2.05) is 0 Å². The van der Waals surface area contributed by atoms with Crippen LogP contribution in [0.4, 0.5) is 14.5 Å². The molecule has 0 fully saturated rings. The van der Waals surface area contributed by atoms with Crippen LogP contribution in [0.1, 0.15) is 5.56 Å². The molecule has 0 unspecified atom stereocenters. The lowest BCUT2D eigenvalue weighted by Gasteiger charge is -2.10. The zero-order valence-electron chi connectivity index (χ0n) is 10.9. The van der Waals surface area contributed by atoms with E-state index in [1.54, 1.807) is 12.1 Å². The van der Waals surface area contributed by atoms with Gasteiger partial charge in [-0.05, 0) is 18.1 Å². The molecule has 0 bridgehead atoms. The van der Waals surface area contributed by atoms with Crippen molar-refractivity contribution < 1.29 is 23.4 Å². The Labute approximate surface area is 119 Å². The van der Waals surface area contributed by atoms with E-state index in [0.717, 1.165) is 12.4 Å². The fraction of sp³-hybridized carbons (Fsp3) is 0.214. The van der Waals surface area contributed by atoms with Crippen LogP contribution in [0.15, 0.2) is 24.5 Å². The topological polar surface area (TPSA) is 63.6 Å². The van der Waals surface area contributed by atoms with E-state index in [0.29, 0.717) is 23.5 Å². The molecular weight excluding hydrogens is 282 g/mol. The highest BCUT2D eigenvalue weighted by Crippen LogP contribution is 2.42. The molecule has 5 nitrogen and oxygen atoms in total. The number of ether oxygens (including phenoxy) is 2. The van der Waals surface area contributed by atoms with E-state index >= 15 is 0 Å². The lowest BCUT2D eigenvalue weighted by molar-refractivity contribution is 0.171. The van der Waals surface area contributed by atoms with Gasteiger partial charge in [-0.3, -0.25) is 4.98 Å². The number of pyridine rings is 1. The average Bonchev–Trinajstić information content (AvgIpc) is 2.93. The van der Waals surface area contributed by atoms with Gasteiger partial charge in [0.05, 0.1) is 12.4 Å². The van der Waals surface area contributed by atoms with Gasteiger partial charge in [-0.15, -0.1) is 0 Å². The largest absolute Gasteiger partial charge is 0.504 e. The summed E-state index contributed by atoms with van der Waals surface area (Å²) in [7, 11) is 0. The molecule has 1 aliphatic rings. The molecule has 3 rings (SSSR count). The third-order valence-corrected chi connectivity index (χ3v) is 3.15. The normalized spacial score (nSPS) is 12.5. The monoisotopic (exact) mass is 294 g/mol. The van der Waals surface area contributed by atoms with Gasteiger partial charge in [-0.1, -0.05) is 6.07 Å². The molecule has 110 valence electrons. The van der Waals surface area contributed by atoms with E-state index in [-0.39, 0.29) is 24.8 Å². The maximum atomic E-state index is 13.4. The number of benzene rings is 1. The summed E-state index contributed by atoms with van der Waals surface area (Å²) < 4.78 is 37.1. The van der Waals surface area contributed by atoms with Crippen LogP contribution < -0.4 is 14.8 Å². The first-order valence-electron chi connectivity index (χ1n) is 6.30. The predicted octanol–water partition coefficient (Wildman–Crippen LogP) is 2.45. The summed E-state index contributed by atoms with van der Waals surface area (Å²) in [6, 6.07) is 3.37. The molecule has 2 heterocycles. The molecule has 1 aromatic heterocycles. The second-order valence-electron chi connectivity index (χ2n) is 4.46. The van der Waals surface area contributed by atoms with Crippen molar-refractivity contribution in [2.24, 2.45) is 0 Å². The summed E-state index contributed by atoms with van der Waals surface area (Å²) in [5.41, 5.74) is 0.367. The number of aromatic hydroxyl groups is 1. The quantitative estimate of drug-likeness (QED) is 0.907. The maximum absolute atomic E-state index is 13.4. The first-order valence-corrected chi connectivity index (χ1v) is 6.30. The molecule has 2 N–H and O–H groups in total. The highest BCUT2D eigenvalue weighted by atomic mass is 19.1. The van der Waals surface area contributed by atoms with Crippen molar-refractivity contribution >= 4 is 5.69 Å². The number of phenolic OH excluding ortho intramolecular Hbond substituents is 1. The molecule has 0 saturated heterocycles. The number of hydrogen-bond donors (Lipinski definition) is 2.